The van der Waals surface area contributed by atoms with E-state index in [1.165, 1.54) is 0 Å². The fourth-order valence-electron chi connectivity index (χ4n) is 2.59. The lowest BCUT2D eigenvalue weighted by Crippen LogP contribution is -2.44. The largest absolute Gasteiger partial charge is 0.384 e. The second-order valence-corrected chi connectivity index (χ2v) is 5.19. The predicted molar refractivity (Wildman–Crippen MR) is 74.7 cm³/mol. The Balaban J connectivity index is 1.86. The van der Waals surface area contributed by atoms with E-state index >= 15 is 0 Å². The van der Waals surface area contributed by atoms with Gasteiger partial charge >= 0.3 is 0 Å². The molecule has 1 heterocycles. The number of benzene rings is 1. The lowest BCUT2D eigenvalue weighted by molar-refractivity contribution is -0.131. The highest BCUT2D eigenvalue weighted by Crippen LogP contribution is 2.17. The van der Waals surface area contributed by atoms with Crippen molar-refractivity contribution in [2.75, 3.05) is 26.8 Å². The van der Waals surface area contributed by atoms with Crippen molar-refractivity contribution < 1.29 is 9.53 Å². The quantitative estimate of drug-likeness (QED) is 0.863. The molecule has 1 aliphatic heterocycles. The van der Waals surface area contributed by atoms with Crippen LogP contribution in [0.2, 0.25) is 0 Å². The van der Waals surface area contributed by atoms with E-state index in [0.29, 0.717) is 12.3 Å². The molecule has 1 unspecified atom stereocenters. The molecule has 1 saturated heterocycles. The van der Waals surface area contributed by atoms with Crippen LogP contribution in [0.25, 0.3) is 0 Å². The smallest absolute Gasteiger partial charge is 0.239 e. The molecule has 2 N–H and O–H groups in total. The normalized spacial score (nSPS) is 20.5. The predicted octanol–water partition coefficient (Wildman–Crippen LogP) is 1.05. The summed E-state index contributed by atoms with van der Waals surface area (Å²) in [6.07, 6.45) is 1.61. The molecule has 4 nitrogen and oxygen atoms in total. The number of hydrogen-bond donors (Lipinski definition) is 1. The summed E-state index contributed by atoms with van der Waals surface area (Å²) >= 11 is 0. The number of carbonyl (C=O) groups excluding carboxylic acids is 1. The second kappa shape index (κ2) is 6.68. The number of nitrogens with zero attached hydrogens (tertiary/aromatic N) is 1. The van der Waals surface area contributed by atoms with Gasteiger partial charge in [-0.15, -0.1) is 0 Å². The Bertz CT molecular complexity index is 408. The lowest BCUT2D eigenvalue weighted by atomic mass is 10.1. The van der Waals surface area contributed by atoms with Crippen LogP contribution in [0.5, 0.6) is 0 Å². The van der Waals surface area contributed by atoms with E-state index in [1.807, 2.05) is 35.2 Å². The van der Waals surface area contributed by atoms with Crippen molar-refractivity contribution in [2.24, 2.45) is 11.7 Å². The number of hydrogen-bond acceptors (Lipinski definition) is 3. The SMILES string of the molecule is COCC1CCN(C(=O)[C@H](N)Cc2ccccc2)C1. The van der Waals surface area contributed by atoms with Crippen LogP contribution in [-0.2, 0) is 16.0 Å². The summed E-state index contributed by atoms with van der Waals surface area (Å²) in [5, 5.41) is 0. The van der Waals surface area contributed by atoms with Crippen molar-refractivity contribution in [1.82, 2.24) is 4.90 Å². The van der Waals surface area contributed by atoms with Gasteiger partial charge in [0.2, 0.25) is 5.91 Å². The van der Waals surface area contributed by atoms with Crippen molar-refractivity contribution in [3.8, 4) is 0 Å². The molecular weight excluding hydrogens is 240 g/mol. The Kier molecular flexibility index (Phi) is 4.93. The van der Waals surface area contributed by atoms with Crippen LogP contribution in [0.1, 0.15) is 12.0 Å². The zero-order valence-electron chi connectivity index (χ0n) is 11.4. The Morgan fingerprint density at radius 2 is 2.21 bits per heavy atom. The zero-order chi connectivity index (χ0) is 13.7. The van der Waals surface area contributed by atoms with E-state index in [0.717, 1.165) is 31.7 Å². The number of methoxy groups -OCH3 is 1. The topological polar surface area (TPSA) is 55.6 Å². The second-order valence-electron chi connectivity index (χ2n) is 5.19. The molecule has 1 aromatic carbocycles. The minimum atomic E-state index is -0.441. The molecule has 1 aliphatic rings. The van der Waals surface area contributed by atoms with Crippen LogP contribution in [0.3, 0.4) is 0 Å². The number of carbonyl (C=O) groups is 1. The number of likely N-dealkylation sites (tertiary alicyclic amines) is 1. The van der Waals surface area contributed by atoms with Gasteiger partial charge in [0.15, 0.2) is 0 Å². The third-order valence-electron chi connectivity index (χ3n) is 3.62. The minimum absolute atomic E-state index is 0.0578. The van der Waals surface area contributed by atoms with Crippen molar-refractivity contribution in [1.29, 1.82) is 0 Å². The number of rotatable bonds is 5. The highest BCUT2D eigenvalue weighted by Gasteiger charge is 2.29. The number of amides is 1. The molecule has 0 aliphatic carbocycles. The molecule has 0 saturated carbocycles. The maximum absolute atomic E-state index is 12.3. The van der Waals surface area contributed by atoms with E-state index < -0.39 is 6.04 Å². The molecule has 1 amide bonds. The van der Waals surface area contributed by atoms with Gasteiger partial charge in [-0.2, -0.15) is 0 Å². The molecule has 2 rings (SSSR count). The van der Waals surface area contributed by atoms with Crippen LogP contribution >= 0.6 is 0 Å². The Morgan fingerprint density at radius 3 is 2.89 bits per heavy atom. The monoisotopic (exact) mass is 262 g/mol. The third kappa shape index (κ3) is 3.78. The molecule has 0 aromatic heterocycles. The van der Waals surface area contributed by atoms with Crippen molar-refractivity contribution >= 4 is 5.91 Å². The van der Waals surface area contributed by atoms with Crippen molar-refractivity contribution in [2.45, 2.75) is 18.9 Å². The molecule has 4 heteroatoms. The third-order valence-corrected chi connectivity index (χ3v) is 3.62. The van der Waals surface area contributed by atoms with Crippen LogP contribution in [0, 0.1) is 5.92 Å². The minimum Gasteiger partial charge on any atom is -0.384 e. The summed E-state index contributed by atoms with van der Waals surface area (Å²) in [5.41, 5.74) is 7.13. The first-order valence-corrected chi connectivity index (χ1v) is 6.78. The lowest BCUT2D eigenvalue weighted by Gasteiger charge is -2.21. The summed E-state index contributed by atoms with van der Waals surface area (Å²) in [4.78, 5) is 14.1. The van der Waals surface area contributed by atoms with Crippen molar-refractivity contribution in [3.63, 3.8) is 0 Å². The van der Waals surface area contributed by atoms with E-state index in [9.17, 15) is 4.79 Å². The van der Waals surface area contributed by atoms with Crippen LogP contribution in [0.15, 0.2) is 30.3 Å². The van der Waals surface area contributed by atoms with Crippen LogP contribution in [0.4, 0.5) is 0 Å². The van der Waals surface area contributed by atoms with E-state index in [-0.39, 0.29) is 5.91 Å². The van der Waals surface area contributed by atoms with Crippen LogP contribution < -0.4 is 5.73 Å². The molecule has 0 spiro atoms. The maximum Gasteiger partial charge on any atom is 0.239 e. The van der Waals surface area contributed by atoms with E-state index in [2.05, 4.69) is 0 Å². The molecule has 1 aromatic rings. The number of ether oxygens (including phenoxy) is 1. The fraction of sp³-hybridized carbons (Fsp3) is 0.533. The molecule has 0 bridgehead atoms. The Labute approximate surface area is 114 Å². The molecule has 0 radical (unpaired) electrons. The van der Waals surface area contributed by atoms with Gasteiger partial charge in [0.1, 0.15) is 0 Å². The molecule has 2 atom stereocenters. The van der Waals surface area contributed by atoms with Gasteiger partial charge < -0.3 is 15.4 Å². The van der Waals surface area contributed by atoms with Gasteiger partial charge in [-0.05, 0) is 18.4 Å². The zero-order valence-corrected chi connectivity index (χ0v) is 11.4. The highest BCUT2D eigenvalue weighted by molar-refractivity contribution is 5.82. The summed E-state index contributed by atoms with van der Waals surface area (Å²) in [7, 11) is 1.70. The first-order valence-electron chi connectivity index (χ1n) is 6.78. The van der Waals surface area contributed by atoms with E-state index in [1.54, 1.807) is 7.11 Å². The Hall–Kier alpha value is -1.39. The summed E-state index contributed by atoms with van der Waals surface area (Å²) in [5.74, 6) is 0.514. The van der Waals surface area contributed by atoms with Crippen LogP contribution in [-0.4, -0.2) is 43.7 Å². The average molecular weight is 262 g/mol. The van der Waals surface area contributed by atoms with Crippen molar-refractivity contribution in [3.05, 3.63) is 35.9 Å². The van der Waals surface area contributed by atoms with Gasteiger partial charge in [-0.1, -0.05) is 30.3 Å². The van der Waals surface area contributed by atoms with Gasteiger partial charge in [0, 0.05) is 26.1 Å². The first-order chi connectivity index (χ1) is 9.20. The Morgan fingerprint density at radius 1 is 1.47 bits per heavy atom. The maximum atomic E-state index is 12.3. The van der Waals surface area contributed by atoms with Gasteiger partial charge in [-0.25, -0.2) is 0 Å². The van der Waals surface area contributed by atoms with E-state index in [4.69, 9.17) is 10.5 Å². The fourth-order valence-corrected chi connectivity index (χ4v) is 2.59. The van der Waals surface area contributed by atoms with Gasteiger partial charge in [-0.3, -0.25) is 4.79 Å². The van der Waals surface area contributed by atoms with Gasteiger partial charge in [0.05, 0.1) is 12.6 Å². The molecule has 19 heavy (non-hydrogen) atoms. The standard InChI is InChI=1S/C15H22N2O2/c1-19-11-13-7-8-17(10-13)15(18)14(16)9-12-5-3-2-4-6-12/h2-6,13-14H,7-11,16H2,1H3/t13?,14-/m1/s1. The van der Waals surface area contributed by atoms with Gasteiger partial charge in [0.25, 0.3) is 0 Å². The summed E-state index contributed by atoms with van der Waals surface area (Å²) in [6.45, 7) is 2.29. The molecule has 104 valence electrons. The average Bonchev–Trinajstić information content (AvgIpc) is 2.88. The molecular formula is C15H22N2O2. The summed E-state index contributed by atoms with van der Waals surface area (Å²) < 4.78 is 5.14. The molecule has 1 fully saturated rings. The number of nitrogens with two attached hydrogens (primary N) is 1. The highest BCUT2D eigenvalue weighted by atomic mass is 16.5. The summed E-state index contributed by atoms with van der Waals surface area (Å²) in [6, 6.07) is 9.47. The first kappa shape index (κ1) is 14.0.